The lowest BCUT2D eigenvalue weighted by Gasteiger charge is -2.12. The number of hydrogen-bond acceptors (Lipinski definition) is 5. The Kier molecular flexibility index (Phi) is 7.35. The molecule has 2 aromatic rings. The number of hydrogen-bond donors (Lipinski definition) is 2. The van der Waals surface area contributed by atoms with Crippen molar-refractivity contribution in [1.29, 1.82) is 0 Å². The molecule has 0 heterocycles. The quantitative estimate of drug-likeness (QED) is 0.574. The van der Waals surface area contributed by atoms with Gasteiger partial charge in [0.25, 0.3) is 11.8 Å². The van der Waals surface area contributed by atoms with Crippen LogP contribution >= 0.6 is 11.8 Å². The molecule has 138 valence electrons. The molecule has 0 aliphatic rings. The molecule has 0 aliphatic heterocycles. The number of amides is 2. The number of nitrogens with one attached hydrogen (secondary N) is 2. The van der Waals surface area contributed by atoms with Crippen LogP contribution in [0.15, 0.2) is 47.4 Å². The fraction of sp³-hybridized carbons (Fsp3) is 0.263. The minimum absolute atomic E-state index is 0.351. The molecule has 0 fully saturated rings. The lowest BCUT2D eigenvalue weighted by atomic mass is 10.2. The topological polar surface area (TPSA) is 76.7 Å². The van der Waals surface area contributed by atoms with E-state index in [2.05, 4.69) is 10.9 Å². The summed E-state index contributed by atoms with van der Waals surface area (Å²) in [5.41, 5.74) is 5.62. The third-order valence-electron chi connectivity index (χ3n) is 3.53. The second kappa shape index (κ2) is 9.72. The van der Waals surface area contributed by atoms with Crippen molar-refractivity contribution in [3.05, 3.63) is 53.6 Å². The number of ether oxygens (including phenoxy) is 2. The third-order valence-corrected chi connectivity index (χ3v) is 4.27. The molecule has 2 amide bonds. The molecule has 26 heavy (non-hydrogen) atoms. The molecule has 0 radical (unpaired) electrons. The Labute approximate surface area is 157 Å². The maximum absolute atomic E-state index is 12.2. The van der Waals surface area contributed by atoms with Gasteiger partial charge >= 0.3 is 0 Å². The summed E-state index contributed by atoms with van der Waals surface area (Å²) in [7, 11) is 1.51. The van der Waals surface area contributed by atoms with Crippen molar-refractivity contribution in [2.75, 3.05) is 20.0 Å². The number of thioether (sulfide) groups is 1. The van der Waals surface area contributed by atoms with Gasteiger partial charge in [0.05, 0.1) is 13.7 Å². The number of hydrazine groups is 1. The zero-order valence-corrected chi connectivity index (χ0v) is 15.8. The van der Waals surface area contributed by atoms with E-state index in [1.54, 1.807) is 42.1 Å². The summed E-state index contributed by atoms with van der Waals surface area (Å²) in [6.07, 6.45) is 2.83. The fourth-order valence-electron chi connectivity index (χ4n) is 2.14. The van der Waals surface area contributed by atoms with Crippen LogP contribution in [-0.2, 0) is 0 Å². The average molecular weight is 374 g/mol. The van der Waals surface area contributed by atoms with Crippen molar-refractivity contribution in [2.24, 2.45) is 0 Å². The standard InChI is InChI=1S/C19H22N2O4S/c1-4-11-25-16-10-7-14(12-17(16)24-2)19(23)21-20-18(22)13-5-8-15(26-3)9-6-13/h5-10,12H,4,11H2,1-3H3,(H,20,22)(H,21,23). The molecule has 0 spiro atoms. The van der Waals surface area contributed by atoms with Crippen LogP contribution in [0.4, 0.5) is 0 Å². The molecule has 6 nitrogen and oxygen atoms in total. The van der Waals surface area contributed by atoms with Gasteiger partial charge in [-0.2, -0.15) is 0 Å². The van der Waals surface area contributed by atoms with Crippen molar-refractivity contribution in [3.8, 4) is 11.5 Å². The SMILES string of the molecule is CCCOc1ccc(C(=O)NNC(=O)c2ccc(SC)cc2)cc1OC. The first-order valence-electron chi connectivity index (χ1n) is 8.14. The Balaban J connectivity index is 1.99. The number of carbonyl (C=O) groups excluding carboxylic acids is 2. The predicted octanol–water partition coefficient (Wildman–Crippen LogP) is 3.28. The smallest absolute Gasteiger partial charge is 0.269 e. The predicted molar refractivity (Wildman–Crippen MR) is 102 cm³/mol. The Morgan fingerprint density at radius 1 is 0.962 bits per heavy atom. The molecule has 0 saturated heterocycles. The van der Waals surface area contributed by atoms with E-state index in [0.717, 1.165) is 11.3 Å². The lowest BCUT2D eigenvalue weighted by molar-refractivity contribution is 0.0846. The van der Waals surface area contributed by atoms with Gasteiger partial charge in [-0.3, -0.25) is 20.4 Å². The van der Waals surface area contributed by atoms with E-state index >= 15 is 0 Å². The molecule has 0 saturated carbocycles. The molecule has 2 rings (SSSR count). The van der Waals surface area contributed by atoms with Gasteiger partial charge in [0, 0.05) is 16.0 Å². The van der Waals surface area contributed by atoms with E-state index < -0.39 is 5.91 Å². The molecule has 0 aromatic heterocycles. The third kappa shape index (κ3) is 5.16. The molecular formula is C19H22N2O4S. The first-order valence-corrected chi connectivity index (χ1v) is 9.37. The van der Waals surface area contributed by atoms with E-state index in [4.69, 9.17) is 9.47 Å². The summed E-state index contributed by atoms with van der Waals surface area (Å²) in [6, 6.07) is 12.0. The van der Waals surface area contributed by atoms with Crippen molar-refractivity contribution in [1.82, 2.24) is 10.9 Å². The molecule has 0 aliphatic carbocycles. The van der Waals surface area contributed by atoms with Gasteiger partial charge in [-0.1, -0.05) is 6.92 Å². The summed E-state index contributed by atoms with van der Waals surface area (Å²) >= 11 is 1.59. The maximum Gasteiger partial charge on any atom is 0.269 e. The van der Waals surface area contributed by atoms with Gasteiger partial charge in [-0.05, 0) is 55.1 Å². The van der Waals surface area contributed by atoms with Crippen molar-refractivity contribution in [3.63, 3.8) is 0 Å². The molecule has 2 aromatic carbocycles. The van der Waals surface area contributed by atoms with Crippen LogP contribution in [0.25, 0.3) is 0 Å². The number of methoxy groups -OCH3 is 1. The molecular weight excluding hydrogens is 352 g/mol. The first kappa shape index (κ1) is 19.7. The Hall–Kier alpha value is -2.67. The molecule has 0 atom stereocenters. The van der Waals surface area contributed by atoms with E-state index in [1.807, 2.05) is 25.3 Å². The number of rotatable bonds is 7. The fourth-order valence-corrected chi connectivity index (χ4v) is 2.55. The summed E-state index contributed by atoms with van der Waals surface area (Å²) in [6.45, 7) is 2.57. The highest BCUT2D eigenvalue weighted by Crippen LogP contribution is 2.28. The molecule has 2 N–H and O–H groups in total. The molecule has 0 bridgehead atoms. The van der Waals surface area contributed by atoms with Crippen molar-refractivity contribution >= 4 is 23.6 Å². The summed E-state index contributed by atoms with van der Waals surface area (Å²) in [5.74, 6) is 0.203. The lowest BCUT2D eigenvalue weighted by Crippen LogP contribution is -2.41. The van der Waals surface area contributed by atoms with Gasteiger partial charge in [-0.15, -0.1) is 11.8 Å². The van der Waals surface area contributed by atoms with Gasteiger partial charge < -0.3 is 9.47 Å². The average Bonchev–Trinajstić information content (AvgIpc) is 2.70. The Bertz CT molecular complexity index is 763. The monoisotopic (exact) mass is 374 g/mol. The van der Waals surface area contributed by atoms with Gasteiger partial charge in [0.2, 0.25) is 0 Å². The highest BCUT2D eigenvalue weighted by Gasteiger charge is 2.12. The normalized spacial score (nSPS) is 10.1. The van der Waals surface area contributed by atoms with Gasteiger partial charge in [0.15, 0.2) is 11.5 Å². The van der Waals surface area contributed by atoms with E-state index in [1.165, 1.54) is 7.11 Å². The summed E-state index contributed by atoms with van der Waals surface area (Å²) in [5, 5.41) is 0. The van der Waals surface area contributed by atoms with E-state index in [-0.39, 0.29) is 5.91 Å². The largest absolute Gasteiger partial charge is 0.493 e. The summed E-state index contributed by atoms with van der Waals surface area (Å²) in [4.78, 5) is 25.4. The van der Waals surface area contributed by atoms with Gasteiger partial charge in [0.1, 0.15) is 0 Å². The number of benzene rings is 2. The van der Waals surface area contributed by atoms with Crippen LogP contribution in [0.2, 0.25) is 0 Å². The highest BCUT2D eigenvalue weighted by atomic mass is 32.2. The maximum atomic E-state index is 12.2. The van der Waals surface area contributed by atoms with Crippen LogP contribution in [0.1, 0.15) is 34.1 Å². The first-order chi connectivity index (χ1) is 12.6. The highest BCUT2D eigenvalue weighted by molar-refractivity contribution is 7.98. The van der Waals surface area contributed by atoms with Crippen molar-refractivity contribution in [2.45, 2.75) is 18.2 Å². The van der Waals surface area contributed by atoms with Crippen LogP contribution < -0.4 is 20.3 Å². The van der Waals surface area contributed by atoms with Crippen LogP contribution in [0.5, 0.6) is 11.5 Å². The van der Waals surface area contributed by atoms with Gasteiger partial charge in [-0.25, -0.2) is 0 Å². The Morgan fingerprint density at radius 2 is 1.58 bits per heavy atom. The van der Waals surface area contributed by atoms with E-state index in [9.17, 15) is 9.59 Å². The van der Waals surface area contributed by atoms with Crippen LogP contribution in [0.3, 0.4) is 0 Å². The second-order valence-electron chi connectivity index (χ2n) is 5.35. The molecule has 7 heteroatoms. The zero-order chi connectivity index (χ0) is 18.9. The minimum Gasteiger partial charge on any atom is -0.493 e. The zero-order valence-electron chi connectivity index (χ0n) is 15.0. The van der Waals surface area contributed by atoms with E-state index in [0.29, 0.717) is 29.2 Å². The number of carbonyl (C=O) groups is 2. The van der Waals surface area contributed by atoms with Crippen LogP contribution in [-0.4, -0.2) is 31.8 Å². The minimum atomic E-state index is -0.445. The van der Waals surface area contributed by atoms with Crippen molar-refractivity contribution < 1.29 is 19.1 Å². The Morgan fingerprint density at radius 3 is 2.15 bits per heavy atom. The van der Waals surface area contributed by atoms with Crippen LogP contribution in [0, 0.1) is 0 Å². The summed E-state index contributed by atoms with van der Waals surface area (Å²) < 4.78 is 10.8. The molecule has 0 unspecified atom stereocenters. The second-order valence-corrected chi connectivity index (χ2v) is 6.23.